The van der Waals surface area contributed by atoms with Gasteiger partial charge in [0, 0.05) is 5.69 Å². The number of nitrogens with one attached hydrogen (secondary N) is 2. The normalized spacial score (nSPS) is 10.5. The van der Waals surface area contributed by atoms with Gasteiger partial charge >= 0.3 is 0 Å². The van der Waals surface area contributed by atoms with Crippen LogP contribution in [0.15, 0.2) is 72.8 Å². The lowest BCUT2D eigenvalue weighted by atomic mass is 10.3. The Bertz CT molecular complexity index is 1210. The molecule has 156 valence electrons. The summed E-state index contributed by atoms with van der Waals surface area (Å²) in [6.45, 7) is -0.138. The molecule has 0 radical (unpaired) electrons. The fourth-order valence-electron chi connectivity index (χ4n) is 2.81. The summed E-state index contributed by atoms with van der Waals surface area (Å²) in [5.41, 5.74) is 2.91. The first kappa shape index (κ1) is 20.3. The number of nitrogens with zero attached hydrogens (tertiary/aromatic N) is 3. The van der Waals surface area contributed by atoms with Gasteiger partial charge in [0.25, 0.3) is 5.91 Å². The summed E-state index contributed by atoms with van der Waals surface area (Å²) in [7, 11) is 1.62. The van der Waals surface area contributed by atoms with Crippen molar-refractivity contribution in [3.63, 3.8) is 0 Å². The fourth-order valence-corrected chi connectivity index (χ4v) is 3.05. The number of hydrogen-bond acceptors (Lipinski definition) is 6. The molecule has 4 rings (SSSR count). The molecule has 0 aliphatic heterocycles. The van der Waals surface area contributed by atoms with Crippen LogP contribution in [0.2, 0.25) is 0 Å². The van der Waals surface area contributed by atoms with Crippen LogP contribution in [0.3, 0.4) is 0 Å². The minimum absolute atomic E-state index is 0.138. The zero-order valence-electron chi connectivity index (χ0n) is 16.6. The fraction of sp³-hybridized carbons (Fsp3) is 0.0909. The number of rotatable bonds is 6. The highest BCUT2D eigenvalue weighted by molar-refractivity contribution is 7.80. The van der Waals surface area contributed by atoms with Gasteiger partial charge in [0.1, 0.15) is 22.5 Å². The van der Waals surface area contributed by atoms with Gasteiger partial charge in [-0.05, 0) is 66.8 Å². The van der Waals surface area contributed by atoms with Gasteiger partial charge in [0.05, 0.1) is 12.8 Å². The van der Waals surface area contributed by atoms with Gasteiger partial charge in [-0.1, -0.05) is 18.2 Å². The van der Waals surface area contributed by atoms with E-state index in [1.165, 1.54) is 0 Å². The number of hydrogen-bond donors (Lipinski definition) is 2. The molecule has 8 nitrogen and oxygen atoms in total. The molecule has 0 bridgehead atoms. The standard InChI is InChI=1S/C22H19N5O3S/c1-29-17-10-8-16(9-11-17)27-25-19-12-7-15(13-20(19)26-27)23-22(31)24-21(28)14-30-18-5-3-2-4-6-18/h2-13H,14H2,1H3,(H2,23,24,28,31). The van der Waals surface area contributed by atoms with E-state index < -0.39 is 0 Å². The van der Waals surface area contributed by atoms with Crippen molar-refractivity contribution in [2.75, 3.05) is 19.0 Å². The number of amides is 1. The Labute approximate surface area is 183 Å². The topological polar surface area (TPSA) is 90.3 Å². The lowest BCUT2D eigenvalue weighted by molar-refractivity contribution is -0.121. The minimum atomic E-state index is -0.354. The second kappa shape index (κ2) is 9.23. The summed E-state index contributed by atoms with van der Waals surface area (Å²) in [4.78, 5) is 13.6. The molecule has 1 aromatic heterocycles. The number of anilines is 1. The van der Waals surface area contributed by atoms with E-state index in [0.29, 0.717) is 17.0 Å². The Balaban J connectivity index is 1.37. The summed E-state index contributed by atoms with van der Waals surface area (Å²) in [5.74, 6) is 1.02. The monoisotopic (exact) mass is 433 g/mol. The smallest absolute Gasteiger partial charge is 0.264 e. The number of methoxy groups -OCH3 is 1. The second-order valence-corrected chi connectivity index (χ2v) is 6.90. The molecule has 0 spiro atoms. The van der Waals surface area contributed by atoms with E-state index in [9.17, 15) is 4.79 Å². The SMILES string of the molecule is COc1ccc(-n2nc3ccc(NC(=S)NC(=O)COc4ccccc4)cc3n2)cc1. The lowest BCUT2D eigenvalue weighted by Gasteiger charge is -2.10. The maximum absolute atomic E-state index is 12.0. The number of carbonyl (C=O) groups is 1. The largest absolute Gasteiger partial charge is 0.497 e. The molecule has 31 heavy (non-hydrogen) atoms. The van der Waals surface area contributed by atoms with Crippen molar-refractivity contribution in [3.05, 3.63) is 72.8 Å². The van der Waals surface area contributed by atoms with E-state index in [0.717, 1.165) is 17.0 Å². The van der Waals surface area contributed by atoms with Crippen LogP contribution in [0, 0.1) is 0 Å². The number of fused-ring (bicyclic) bond motifs is 1. The Morgan fingerprint density at radius 3 is 2.45 bits per heavy atom. The van der Waals surface area contributed by atoms with Crippen LogP contribution in [0.1, 0.15) is 0 Å². The van der Waals surface area contributed by atoms with Crippen LogP contribution >= 0.6 is 12.2 Å². The lowest BCUT2D eigenvalue weighted by Crippen LogP contribution is -2.37. The number of thiocarbonyl (C=S) groups is 1. The third-order valence-electron chi connectivity index (χ3n) is 4.31. The first-order valence-electron chi connectivity index (χ1n) is 9.41. The highest BCUT2D eigenvalue weighted by Crippen LogP contribution is 2.19. The van der Waals surface area contributed by atoms with Crippen molar-refractivity contribution in [1.29, 1.82) is 0 Å². The van der Waals surface area contributed by atoms with Crippen LogP contribution < -0.4 is 20.1 Å². The Morgan fingerprint density at radius 2 is 1.71 bits per heavy atom. The summed E-state index contributed by atoms with van der Waals surface area (Å²) in [5, 5.41) is 14.7. The molecule has 1 amide bonds. The highest BCUT2D eigenvalue weighted by atomic mass is 32.1. The minimum Gasteiger partial charge on any atom is -0.497 e. The van der Waals surface area contributed by atoms with Crippen molar-refractivity contribution in [3.8, 4) is 17.2 Å². The Hall–Kier alpha value is -3.98. The van der Waals surface area contributed by atoms with E-state index in [2.05, 4.69) is 20.8 Å². The van der Waals surface area contributed by atoms with E-state index >= 15 is 0 Å². The number of para-hydroxylation sites is 1. The zero-order valence-corrected chi connectivity index (χ0v) is 17.4. The number of aromatic nitrogens is 3. The molecule has 0 unspecified atom stereocenters. The van der Waals surface area contributed by atoms with Crippen LogP contribution in [-0.2, 0) is 4.79 Å². The van der Waals surface area contributed by atoms with Gasteiger partial charge in [-0.25, -0.2) is 0 Å². The van der Waals surface area contributed by atoms with E-state index in [1.54, 1.807) is 30.1 Å². The van der Waals surface area contributed by atoms with Crippen LogP contribution in [0.5, 0.6) is 11.5 Å². The quantitative estimate of drug-likeness (QED) is 0.451. The van der Waals surface area contributed by atoms with Gasteiger partial charge in [-0.2, -0.15) is 4.80 Å². The van der Waals surface area contributed by atoms with Crippen LogP contribution in [-0.4, -0.2) is 39.7 Å². The molecule has 0 saturated carbocycles. The average Bonchev–Trinajstić information content (AvgIpc) is 3.22. The predicted octanol–water partition coefficient (Wildman–Crippen LogP) is 3.32. The first-order valence-corrected chi connectivity index (χ1v) is 9.82. The maximum Gasteiger partial charge on any atom is 0.264 e. The maximum atomic E-state index is 12.0. The molecule has 0 saturated heterocycles. The molecule has 0 atom stereocenters. The van der Waals surface area contributed by atoms with Gasteiger partial charge < -0.3 is 14.8 Å². The third-order valence-corrected chi connectivity index (χ3v) is 4.51. The van der Waals surface area contributed by atoms with Crippen molar-refractivity contribution in [2.45, 2.75) is 0 Å². The Kier molecular flexibility index (Phi) is 6.04. The summed E-state index contributed by atoms with van der Waals surface area (Å²) in [6, 6.07) is 22.0. The predicted molar refractivity (Wildman–Crippen MR) is 122 cm³/mol. The van der Waals surface area contributed by atoms with Crippen molar-refractivity contribution >= 4 is 40.0 Å². The van der Waals surface area contributed by atoms with E-state index in [-0.39, 0.29) is 17.6 Å². The van der Waals surface area contributed by atoms with Crippen molar-refractivity contribution in [1.82, 2.24) is 20.3 Å². The zero-order chi connectivity index (χ0) is 21.6. The highest BCUT2D eigenvalue weighted by Gasteiger charge is 2.09. The van der Waals surface area contributed by atoms with Crippen LogP contribution in [0.4, 0.5) is 5.69 Å². The van der Waals surface area contributed by atoms with Gasteiger partial charge in [0.15, 0.2) is 11.7 Å². The van der Waals surface area contributed by atoms with Crippen molar-refractivity contribution in [2.24, 2.45) is 0 Å². The third kappa shape index (κ3) is 5.14. The first-order chi connectivity index (χ1) is 15.1. The molecule has 0 fully saturated rings. The molecule has 3 aromatic carbocycles. The average molecular weight is 433 g/mol. The Morgan fingerprint density at radius 1 is 0.968 bits per heavy atom. The molecular formula is C22H19N5O3S. The number of carbonyl (C=O) groups excluding carboxylic acids is 1. The summed E-state index contributed by atoms with van der Waals surface area (Å²) >= 11 is 5.22. The number of ether oxygens (including phenoxy) is 2. The second-order valence-electron chi connectivity index (χ2n) is 6.49. The molecular weight excluding hydrogens is 414 g/mol. The van der Waals surface area contributed by atoms with Crippen LogP contribution in [0.25, 0.3) is 16.7 Å². The molecule has 4 aromatic rings. The number of benzene rings is 3. The van der Waals surface area contributed by atoms with E-state index in [4.69, 9.17) is 21.7 Å². The molecule has 9 heteroatoms. The molecule has 1 heterocycles. The molecule has 2 N–H and O–H groups in total. The molecule has 0 aliphatic carbocycles. The summed E-state index contributed by atoms with van der Waals surface area (Å²) < 4.78 is 10.6. The summed E-state index contributed by atoms with van der Waals surface area (Å²) in [6.07, 6.45) is 0. The molecule has 0 aliphatic rings. The van der Waals surface area contributed by atoms with Gasteiger partial charge in [-0.3, -0.25) is 10.1 Å². The van der Waals surface area contributed by atoms with Crippen molar-refractivity contribution < 1.29 is 14.3 Å². The van der Waals surface area contributed by atoms with E-state index in [1.807, 2.05) is 54.6 Å². The van der Waals surface area contributed by atoms with Gasteiger partial charge in [-0.15, -0.1) is 10.2 Å². The van der Waals surface area contributed by atoms with Gasteiger partial charge in [0.2, 0.25) is 0 Å².